The number of hydrogen-bond donors (Lipinski definition) is 2. The summed E-state index contributed by atoms with van der Waals surface area (Å²) in [6.07, 6.45) is 3.59. The van der Waals surface area contributed by atoms with Gasteiger partial charge >= 0.3 is 0 Å². The Kier molecular flexibility index (Phi) is 7.41. The van der Waals surface area contributed by atoms with E-state index in [9.17, 15) is 9.59 Å². The van der Waals surface area contributed by atoms with Crippen LogP contribution in [-0.4, -0.2) is 49.4 Å². The second kappa shape index (κ2) is 8.80. The molecule has 0 radical (unpaired) electrons. The van der Waals surface area contributed by atoms with Crippen LogP contribution in [-0.2, 0) is 4.79 Å². The lowest BCUT2D eigenvalue weighted by atomic mass is 9.97. The predicted molar refractivity (Wildman–Crippen MR) is 86.1 cm³/mol. The maximum Gasteiger partial charge on any atom is 0.287 e. The van der Waals surface area contributed by atoms with Crippen LogP contribution in [0.4, 0.5) is 0 Å². The summed E-state index contributed by atoms with van der Waals surface area (Å²) in [6.45, 7) is 4.14. The molecule has 0 spiro atoms. The largest absolute Gasteiger partial charge is 0.459 e. The molecule has 0 aliphatic carbocycles. The van der Waals surface area contributed by atoms with Crippen LogP contribution in [0.2, 0.25) is 0 Å². The monoisotopic (exact) mass is 329 g/mol. The van der Waals surface area contributed by atoms with Gasteiger partial charge in [-0.15, -0.1) is 12.4 Å². The predicted octanol–water partition coefficient (Wildman–Crippen LogP) is 1.28. The fourth-order valence-electron chi connectivity index (χ4n) is 2.73. The number of hydrogen-bond acceptors (Lipinski definition) is 4. The quantitative estimate of drug-likeness (QED) is 0.853. The highest BCUT2D eigenvalue weighted by molar-refractivity contribution is 5.95. The average Bonchev–Trinajstić information content (AvgIpc) is 3.01. The number of amides is 2. The fourth-order valence-corrected chi connectivity index (χ4v) is 2.73. The summed E-state index contributed by atoms with van der Waals surface area (Å²) >= 11 is 0. The van der Waals surface area contributed by atoms with Gasteiger partial charge < -0.3 is 20.0 Å². The summed E-state index contributed by atoms with van der Waals surface area (Å²) in [5.41, 5.74) is 0. The first-order chi connectivity index (χ1) is 10.1. The first-order valence-corrected chi connectivity index (χ1v) is 7.39. The molecule has 2 amide bonds. The number of halogens is 1. The molecule has 0 bridgehead atoms. The number of rotatable bonds is 5. The standard InChI is InChI=1S/C15H23N3O3.ClH/c1-11(17-14(19)13-6-4-8-21-13)15(20)18-7-3-5-12(10-18)9-16-2;/h4,6,8,11-12,16H,3,5,7,9-10H2,1-2H3,(H,17,19);1H. The van der Waals surface area contributed by atoms with Gasteiger partial charge in [0.05, 0.1) is 6.26 Å². The maximum atomic E-state index is 12.4. The molecule has 2 heterocycles. The molecule has 1 fully saturated rings. The molecule has 1 aliphatic rings. The van der Waals surface area contributed by atoms with Crippen LogP contribution in [0, 0.1) is 5.92 Å². The molecule has 1 saturated heterocycles. The van der Waals surface area contributed by atoms with E-state index in [0.29, 0.717) is 5.92 Å². The highest BCUT2D eigenvalue weighted by Gasteiger charge is 2.27. The number of carbonyl (C=O) groups excluding carboxylic acids is 2. The second-order valence-corrected chi connectivity index (χ2v) is 5.52. The van der Waals surface area contributed by atoms with Gasteiger partial charge in [0.15, 0.2) is 5.76 Å². The van der Waals surface area contributed by atoms with Crippen molar-refractivity contribution in [2.24, 2.45) is 5.92 Å². The van der Waals surface area contributed by atoms with Crippen molar-refractivity contribution in [3.63, 3.8) is 0 Å². The normalized spacial score (nSPS) is 19.2. The zero-order valence-electron chi connectivity index (χ0n) is 13.0. The zero-order valence-corrected chi connectivity index (χ0v) is 13.8. The lowest BCUT2D eigenvalue weighted by molar-refractivity contribution is -0.134. The Hall–Kier alpha value is -1.53. The number of nitrogens with zero attached hydrogens (tertiary/aromatic N) is 1. The van der Waals surface area contributed by atoms with Crippen LogP contribution in [0.3, 0.4) is 0 Å². The SMILES string of the molecule is CNCC1CCCN(C(=O)C(C)NC(=O)c2ccco2)C1.Cl. The van der Waals surface area contributed by atoms with E-state index in [-0.39, 0.29) is 30.0 Å². The van der Waals surface area contributed by atoms with Gasteiger partial charge in [0, 0.05) is 13.1 Å². The fraction of sp³-hybridized carbons (Fsp3) is 0.600. The van der Waals surface area contributed by atoms with Crippen LogP contribution in [0.15, 0.2) is 22.8 Å². The minimum atomic E-state index is -0.545. The van der Waals surface area contributed by atoms with Crippen molar-refractivity contribution in [2.75, 3.05) is 26.7 Å². The molecular formula is C15H24ClN3O3. The number of likely N-dealkylation sites (tertiary alicyclic amines) is 1. The summed E-state index contributed by atoms with van der Waals surface area (Å²) < 4.78 is 5.03. The first-order valence-electron chi connectivity index (χ1n) is 7.39. The van der Waals surface area contributed by atoms with Crippen LogP contribution in [0.25, 0.3) is 0 Å². The smallest absolute Gasteiger partial charge is 0.287 e. The van der Waals surface area contributed by atoms with Gasteiger partial charge in [-0.1, -0.05) is 0 Å². The molecular weight excluding hydrogens is 306 g/mol. The summed E-state index contributed by atoms with van der Waals surface area (Å²) in [5, 5.41) is 5.84. The summed E-state index contributed by atoms with van der Waals surface area (Å²) in [7, 11) is 1.92. The highest BCUT2D eigenvalue weighted by atomic mass is 35.5. The first kappa shape index (κ1) is 18.5. The molecule has 0 aromatic carbocycles. The Bertz CT molecular complexity index is 476. The van der Waals surface area contributed by atoms with Crippen molar-refractivity contribution in [3.05, 3.63) is 24.2 Å². The van der Waals surface area contributed by atoms with Crippen molar-refractivity contribution < 1.29 is 14.0 Å². The Morgan fingerprint density at radius 2 is 2.27 bits per heavy atom. The summed E-state index contributed by atoms with van der Waals surface area (Å²) in [5.74, 6) is 0.322. The molecule has 2 rings (SSSR count). The van der Waals surface area contributed by atoms with E-state index in [4.69, 9.17) is 4.42 Å². The van der Waals surface area contributed by atoms with Crippen molar-refractivity contribution in [3.8, 4) is 0 Å². The van der Waals surface area contributed by atoms with Gasteiger partial charge in [-0.25, -0.2) is 0 Å². The van der Waals surface area contributed by atoms with Crippen LogP contribution in [0.5, 0.6) is 0 Å². The Balaban J connectivity index is 0.00000242. The average molecular weight is 330 g/mol. The highest BCUT2D eigenvalue weighted by Crippen LogP contribution is 2.16. The van der Waals surface area contributed by atoms with E-state index < -0.39 is 6.04 Å². The molecule has 1 aromatic rings. The number of furan rings is 1. The lowest BCUT2D eigenvalue weighted by Crippen LogP contribution is -2.50. The van der Waals surface area contributed by atoms with E-state index in [1.807, 2.05) is 11.9 Å². The molecule has 2 N–H and O–H groups in total. The van der Waals surface area contributed by atoms with Gasteiger partial charge in [-0.05, 0) is 51.4 Å². The Morgan fingerprint density at radius 3 is 2.91 bits per heavy atom. The third-order valence-electron chi connectivity index (χ3n) is 3.79. The summed E-state index contributed by atoms with van der Waals surface area (Å²) in [6, 6.07) is 2.68. The van der Waals surface area contributed by atoms with E-state index >= 15 is 0 Å². The van der Waals surface area contributed by atoms with Crippen LogP contribution >= 0.6 is 12.4 Å². The molecule has 1 aromatic heterocycles. The van der Waals surface area contributed by atoms with Crippen molar-refractivity contribution in [1.29, 1.82) is 0 Å². The summed E-state index contributed by atoms with van der Waals surface area (Å²) in [4.78, 5) is 26.1. The minimum absolute atomic E-state index is 0. The van der Waals surface area contributed by atoms with E-state index in [0.717, 1.165) is 32.5 Å². The molecule has 7 heteroatoms. The second-order valence-electron chi connectivity index (χ2n) is 5.52. The molecule has 2 unspecified atom stereocenters. The molecule has 124 valence electrons. The van der Waals surface area contributed by atoms with Crippen molar-refractivity contribution in [1.82, 2.24) is 15.5 Å². The van der Waals surface area contributed by atoms with Gasteiger partial charge in [-0.3, -0.25) is 9.59 Å². The molecule has 6 nitrogen and oxygen atoms in total. The number of piperidine rings is 1. The Labute approximate surface area is 137 Å². The number of carbonyl (C=O) groups is 2. The van der Waals surface area contributed by atoms with Crippen molar-refractivity contribution in [2.45, 2.75) is 25.8 Å². The van der Waals surface area contributed by atoms with Gasteiger partial charge in [0.1, 0.15) is 6.04 Å². The van der Waals surface area contributed by atoms with Crippen LogP contribution < -0.4 is 10.6 Å². The lowest BCUT2D eigenvalue weighted by Gasteiger charge is -2.34. The van der Waals surface area contributed by atoms with Crippen molar-refractivity contribution >= 4 is 24.2 Å². The van der Waals surface area contributed by atoms with E-state index in [1.165, 1.54) is 6.26 Å². The Morgan fingerprint density at radius 1 is 1.50 bits per heavy atom. The maximum absolute atomic E-state index is 12.4. The van der Waals surface area contributed by atoms with Gasteiger partial charge in [-0.2, -0.15) is 0 Å². The third kappa shape index (κ3) is 4.74. The third-order valence-corrected chi connectivity index (χ3v) is 3.79. The molecule has 22 heavy (non-hydrogen) atoms. The van der Waals surface area contributed by atoms with Gasteiger partial charge in [0.25, 0.3) is 5.91 Å². The van der Waals surface area contributed by atoms with Crippen LogP contribution in [0.1, 0.15) is 30.3 Å². The topological polar surface area (TPSA) is 74.6 Å². The number of nitrogens with one attached hydrogen (secondary N) is 2. The molecule has 0 saturated carbocycles. The van der Waals surface area contributed by atoms with E-state index in [1.54, 1.807) is 19.1 Å². The van der Waals surface area contributed by atoms with E-state index in [2.05, 4.69) is 10.6 Å². The zero-order chi connectivity index (χ0) is 15.2. The van der Waals surface area contributed by atoms with Gasteiger partial charge in [0.2, 0.25) is 5.91 Å². The molecule has 1 aliphatic heterocycles. The molecule has 2 atom stereocenters. The minimum Gasteiger partial charge on any atom is -0.459 e.